The average molecular weight is 315 g/mol. The Kier molecular flexibility index (Phi) is 11.7. The first-order valence-electron chi connectivity index (χ1n) is 8.00. The standard InChI is InChI=1S/C13H22N2OS.2C2H6/c1-13(2,3)9-10(11(16)12(9)17)15(5)8-6-7-14-4;2*1-2/h14H,6-8H2,1-5H3;2*1-2H3. The molecule has 124 valence electrons. The molecule has 1 rings (SSSR count). The summed E-state index contributed by atoms with van der Waals surface area (Å²) in [5.41, 5.74) is 1.86. The molecule has 4 heteroatoms. The van der Waals surface area contributed by atoms with E-state index in [0.29, 0.717) is 4.51 Å². The van der Waals surface area contributed by atoms with Crippen molar-refractivity contribution in [2.75, 3.05) is 32.1 Å². The highest BCUT2D eigenvalue weighted by atomic mass is 32.1. The summed E-state index contributed by atoms with van der Waals surface area (Å²) in [7, 11) is 3.90. The molecule has 0 aliphatic rings. The first-order valence-corrected chi connectivity index (χ1v) is 8.41. The van der Waals surface area contributed by atoms with Crippen molar-refractivity contribution in [3.05, 3.63) is 20.3 Å². The van der Waals surface area contributed by atoms with Crippen molar-refractivity contribution < 1.29 is 0 Å². The van der Waals surface area contributed by atoms with Gasteiger partial charge in [-0.2, -0.15) is 0 Å². The number of rotatable bonds is 5. The van der Waals surface area contributed by atoms with Crippen LogP contribution in [-0.2, 0) is 5.41 Å². The van der Waals surface area contributed by atoms with Gasteiger partial charge in [0, 0.05) is 19.2 Å². The normalized spacial score (nSPS) is 10.3. The van der Waals surface area contributed by atoms with Crippen LogP contribution in [0.3, 0.4) is 0 Å². The second-order valence-electron chi connectivity index (χ2n) is 5.51. The molecule has 1 aromatic carbocycles. The minimum absolute atomic E-state index is 0.0388. The molecule has 1 N–H and O–H groups in total. The SMILES string of the molecule is CC.CC.CNCCCN(C)c1c(C(C)(C)C)c(=S)c1=O. The monoisotopic (exact) mass is 314 g/mol. The van der Waals surface area contributed by atoms with Crippen LogP contribution in [0.25, 0.3) is 0 Å². The Morgan fingerprint density at radius 2 is 1.62 bits per heavy atom. The Balaban J connectivity index is 0. The van der Waals surface area contributed by atoms with Gasteiger partial charge in [-0.25, -0.2) is 0 Å². The fraction of sp³-hybridized carbons (Fsp3) is 0.765. The lowest BCUT2D eigenvalue weighted by atomic mass is 9.82. The first kappa shape index (κ1) is 22.5. The Morgan fingerprint density at radius 3 is 2.00 bits per heavy atom. The third kappa shape index (κ3) is 6.27. The molecule has 0 aromatic heterocycles. The van der Waals surface area contributed by atoms with Crippen molar-refractivity contribution >= 4 is 17.9 Å². The minimum Gasteiger partial charge on any atom is -0.371 e. The Hall–Kier alpha value is -0.740. The van der Waals surface area contributed by atoms with Crippen LogP contribution in [0.15, 0.2) is 4.79 Å². The van der Waals surface area contributed by atoms with Crippen molar-refractivity contribution in [1.29, 1.82) is 0 Å². The van der Waals surface area contributed by atoms with Gasteiger partial charge in [-0.15, -0.1) is 0 Å². The van der Waals surface area contributed by atoms with E-state index in [1.165, 1.54) is 0 Å². The molecule has 0 heterocycles. The molecular formula is C17H34N2OS. The van der Waals surface area contributed by atoms with Gasteiger partial charge < -0.3 is 10.2 Å². The third-order valence-electron chi connectivity index (χ3n) is 2.94. The molecule has 0 aliphatic heterocycles. The van der Waals surface area contributed by atoms with E-state index in [-0.39, 0.29) is 10.8 Å². The van der Waals surface area contributed by atoms with Gasteiger partial charge in [0.15, 0.2) is 0 Å². The summed E-state index contributed by atoms with van der Waals surface area (Å²) in [6.45, 7) is 16.1. The van der Waals surface area contributed by atoms with Crippen LogP contribution >= 0.6 is 12.2 Å². The van der Waals surface area contributed by atoms with Crippen LogP contribution in [0.2, 0.25) is 0 Å². The Labute approximate surface area is 136 Å². The molecule has 0 unspecified atom stereocenters. The maximum Gasteiger partial charge on any atom is 0.220 e. The maximum absolute atomic E-state index is 11.8. The van der Waals surface area contributed by atoms with Crippen LogP contribution in [0.4, 0.5) is 5.69 Å². The van der Waals surface area contributed by atoms with Crippen molar-refractivity contribution in [2.24, 2.45) is 0 Å². The fourth-order valence-corrected chi connectivity index (χ4v) is 2.54. The fourth-order valence-electron chi connectivity index (χ4n) is 2.04. The smallest absolute Gasteiger partial charge is 0.220 e. The molecule has 0 atom stereocenters. The summed E-state index contributed by atoms with van der Waals surface area (Å²) in [6, 6.07) is 0. The zero-order valence-corrected chi connectivity index (χ0v) is 16.2. The molecule has 0 amide bonds. The van der Waals surface area contributed by atoms with E-state index in [0.717, 1.165) is 30.8 Å². The molecule has 3 nitrogen and oxygen atoms in total. The van der Waals surface area contributed by atoms with E-state index in [4.69, 9.17) is 12.2 Å². The lowest BCUT2D eigenvalue weighted by Gasteiger charge is -2.30. The van der Waals surface area contributed by atoms with Crippen LogP contribution in [-0.4, -0.2) is 27.2 Å². The van der Waals surface area contributed by atoms with Gasteiger partial charge in [-0.05, 0) is 25.4 Å². The quantitative estimate of drug-likeness (QED) is 0.656. The highest BCUT2D eigenvalue weighted by molar-refractivity contribution is 7.71. The van der Waals surface area contributed by atoms with Crippen LogP contribution in [0.1, 0.15) is 60.5 Å². The highest BCUT2D eigenvalue weighted by Gasteiger charge is 2.29. The molecule has 0 bridgehead atoms. The molecule has 0 saturated carbocycles. The van der Waals surface area contributed by atoms with Crippen LogP contribution in [0, 0.1) is 4.51 Å². The summed E-state index contributed by atoms with van der Waals surface area (Å²) in [5, 5.41) is 3.11. The molecule has 0 radical (unpaired) electrons. The van der Waals surface area contributed by atoms with E-state index < -0.39 is 0 Å². The van der Waals surface area contributed by atoms with Gasteiger partial charge in [-0.1, -0.05) is 60.7 Å². The van der Waals surface area contributed by atoms with Gasteiger partial charge >= 0.3 is 0 Å². The topological polar surface area (TPSA) is 32.3 Å². The average Bonchev–Trinajstić information content (AvgIpc) is 2.46. The number of nitrogens with one attached hydrogen (secondary N) is 1. The first-order chi connectivity index (χ1) is 9.80. The van der Waals surface area contributed by atoms with Gasteiger partial charge in [-0.3, -0.25) is 4.79 Å². The van der Waals surface area contributed by atoms with E-state index in [2.05, 4.69) is 26.1 Å². The largest absolute Gasteiger partial charge is 0.371 e. The van der Waals surface area contributed by atoms with Crippen LogP contribution in [0.5, 0.6) is 0 Å². The molecule has 1 aromatic rings. The van der Waals surface area contributed by atoms with E-state index in [1.54, 1.807) is 0 Å². The lowest BCUT2D eigenvalue weighted by Crippen LogP contribution is -2.35. The second kappa shape index (κ2) is 10.9. The van der Waals surface area contributed by atoms with Crippen molar-refractivity contribution in [1.82, 2.24) is 5.32 Å². The van der Waals surface area contributed by atoms with E-state index >= 15 is 0 Å². The van der Waals surface area contributed by atoms with Gasteiger partial charge in [0.1, 0.15) is 0 Å². The summed E-state index contributed by atoms with van der Waals surface area (Å²) >= 11 is 5.16. The minimum atomic E-state index is -0.0441. The number of hydrogen-bond acceptors (Lipinski definition) is 4. The summed E-state index contributed by atoms with van der Waals surface area (Å²) in [4.78, 5) is 13.9. The zero-order chi connectivity index (χ0) is 17.2. The van der Waals surface area contributed by atoms with Gasteiger partial charge in [0.25, 0.3) is 0 Å². The number of nitrogens with zero attached hydrogens (tertiary/aromatic N) is 1. The summed E-state index contributed by atoms with van der Waals surface area (Å²) < 4.78 is 0.521. The predicted molar refractivity (Wildman–Crippen MR) is 99.1 cm³/mol. The predicted octanol–water partition coefficient (Wildman–Crippen LogP) is 4.05. The highest BCUT2D eigenvalue weighted by Crippen LogP contribution is 2.32. The molecule has 0 saturated heterocycles. The van der Waals surface area contributed by atoms with Crippen molar-refractivity contribution in [2.45, 2.75) is 60.3 Å². The molecular weight excluding hydrogens is 280 g/mol. The zero-order valence-electron chi connectivity index (χ0n) is 15.4. The van der Waals surface area contributed by atoms with Crippen LogP contribution < -0.4 is 15.6 Å². The summed E-state index contributed by atoms with van der Waals surface area (Å²) in [5.74, 6) is 0. The number of anilines is 1. The van der Waals surface area contributed by atoms with Gasteiger partial charge in [0.05, 0.1) is 10.2 Å². The lowest BCUT2D eigenvalue weighted by molar-refractivity contribution is 0.578. The summed E-state index contributed by atoms with van der Waals surface area (Å²) in [6.07, 6.45) is 1.02. The van der Waals surface area contributed by atoms with Crippen molar-refractivity contribution in [3.8, 4) is 0 Å². The Morgan fingerprint density at radius 1 is 1.14 bits per heavy atom. The van der Waals surface area contributed by atoms with E-state index in [9.17, 15) is 4.79 Å². The third-order valence-corrected chi connectivity index (χ3v) is 3.33. The maximum atomic E-state index is 11.8. The number of hydrogen-bond donors (Lipinski definition) is 1. The molecule has 0 aliphatic carbocycles. The molecule has 0 fully saturated rings. The van der Waals surface area contributed by atoms with E-state index in [1.807, 2.05) is 46.7 Å². The van der Waals surface area contributed by atoms with Gasteiger partial charge in [0.2, 0.25) is 5.43 Å². The molecule has 0 spiro atoms. The Bertz CT molecular complexity index is 454. The second-order valence-corrected chi connectivity index (χ2v) is 5.92. The van der Waals surface area contributed by atoms with Crippen molar-refractivity contribution in [3.63, 3.8) is 0 Å². The molecule has 21 heavy (non-hydrogen) atoms.